The third kappa shape index (κ3) is 5.08. The second-order valence-electron chi connectivity index (χ2n) is 8.75. The molecule has 3 N–H and O–H groups in total. The molecule has 8 nitrogen and oxygen atoms in total. The molecular weight excluding hydrogens is 466 g/mol. The van der Waals surface area contributed by atoms with Crippen LogP contribution in [0.1, 0.15) is 24.0 Å². The van der Waals surface area contributed by atoms with Gasteiger partial charge in [0.1, 0.15) is 5.69 Å². The smallest absolute Gasteiger partial charge is 0.279 e. The van der Waals surface area contributed by atoms with Crippen LogP contribution >= 0.6 is 11.6 Å². The fraction of sp³-hybridized carbons (Fsp3) is 0.269. The van der Waals surface area contributed by atoms with E-state index in [0.29, 0.717) is 37.0 Å². The predicted molar refractivity (Wildman–Crippen MR) is 138 cm³/mol. The number of rotatable bonds is 6. The first-order chi connectivity index (χ1) is 17.0. The molecular formula is C26H26ClN5O3. The lowest BCUT2D eigenvalue weighted by molar-refractivity contribution is -0.122. The minimum atomic E-state index is -0.338. The third-order valence-electron chi connectivity index (χ3n) is 6.30. The highest BCUT2D eigenvalue weighted by Crippen LogP contribution is 2.24. The Morgan fingerprint density at radius 3 is 2.74 bits per heavy atom. The van der Waals surface area contributed by atoms with Crippen molar-refractivity contribution < 1.29 is 9.53 Å². The van der Waals surface area contributed by atoms with Gasteiger partial charge in [-0.25, -0.2) is 4.98 Å². The van der Waals surface area contributed by atoms with Crippen LogP contribution in [0, 0.1) is 12.8 Å². The average Bonchev–Trinajstić information content (AvgIpc) is 3.24. The lowest BCUT2D eigenvalue weighted by Crippen LogP contribution is -2.33. The number of aryl methyl sites for hydroxylation is 1. The van der Waals surface area contributed by atoms with Gasteiger partial charge in [-0.05, 0) is 55.2 Å². The normalized spacial score (nSPS) is 14.2. The fourth-order valence-corrected chi connectivity index (χ4v) is 4.40. The van der Waals surface area contributed by atoms with Crippen molar-refractivity contribution in [3.05, 3.63) is 81.4 Å². The molecule has 2 aromatic heterocycles. The third-order valence-corrected chi connectivity index (χ3v) is 6.55. The molecule has 1 aliphatic rings. The number of aromatic nitrogens is 3. The number of H-pyrrole nitrogens is 1. The van der Waals surface area contributed by atoms with E-state index in [0.717, 1.165) is 27.7 Å². The standard InChI is InChI=1S/C26H26ClN5O3/c1-16-13-28-22-12-20(6-7-21(16)22)30-26-29-14-23(31-24(33)18-8-10-35-11-9-18)25(34)32(26)15-17-2-4-19(27)5-3-17/h2-7,12-14,18,28H,8-11,15H2,1H3,(H,29,30)(H,31,33). The number of amides is 1. The molecule has 180 valence electrons. The molecule has 3 heterocycles. The molecule has 0 spiro atoms. The van der Waals surface area contributed by atoms with Gasteiger partial charge in [-0.15, -0.1) is 0 Å². The van der Waals surface area contributed by atoms with Crippen LogP contribution in [0.5, 0.6) is 0 Å². The van der Waals surface area contributed by atoms with E-state index >= 15 is 0 Å². The Balaban J connectivity index is 1.48. The van der Waals surface area contributed by atoms with E-state index < -0.39 is 0 Å². The van der Waals surface area contributed by atoms with Crippen molar-refractivity contribution in [1.82, 2.24) is 14.5 Å². The highest BCUT2D eigenvalue weighted by Gasteiger charge is 2.23. The van der Waals surface area contributed by atoms with E-state index in [9.17, 15) is 9.59 Å². The average molecular weight is 492 g/mol. The Morgan fingerprint density at radius 2 is 1.97 bits per heavy atom. The zero-order valence-electron chi connectivity index (χ0n) is 19.3. The molecule has 1 fully saturated rings. The summed E-state index contributed by atoms with van der Waals surface area (Å²) in [5, 5.41) is 7.80. The van der Waals surface area contributed by atoms with Crippen LogP contribution in [0.15, 0.2) is 59.7 Å². The van der Waals surface area contributed by atoms with Crippen LogP contribution in [0.25, 0.3) is 10.9 Å². The van der Waals surface area contributed by atoms with Gasteiger partial charge >= 0.3 is 0 Å². The zero-order valence-corrected chi connectivity index (χ0v) is 20.1. The van der Waals surface area contributed by atoms with Crippen molar-refractivity contribution in [1.29, 1.82) is 0 Å². The highest BCUT2D eigenvalue weighted by atomic mass is 35.5. The molecule has 0 atom stereocenters. The van der Waals surface area contributed by atoms with Crippen molar-refractivity contribution in [2.75, 3.05) is 23.8 Å². The Kier molecular flexibility index (Phi) is 6.57. The van der Waals surface area contributed by atoms with Gasteiger partial charge in [0.2, 0.25) is 11.9 Å². The van der Waals surface area contributed by atoms with E-state index in [2.05, 4.69) is 20.6 Å². The van der Waals surface area contributed by atoms with Crippen molar-refractivity contribution >= 4 is 45.7 Å². The highest BCUT2D eigenvalue weighted by molar-refractivity contribution is 6.30. The molecule has 1 amide bonds. The van der Waals surface area contributed by atoms with E-state index in [1.807, 2.05) is 43.5 Å². The number of carbonyl (C=O) groups excluding carboxylic acids is 1. The number of halogens is 1. The van der Waals surface area contributed by atoms with E-state index in [4.69, 9.17) is 16.3 Å². The zero-order chi connectivity index (χ0) is 24.4. The molecule has 2 aromatic carbocycles. The molecule has 0 bridgehead atoms. The number of fused-ring (bicyclic) bond motifs is 1. The Labute approximate surface area is 207 Å². The maximum absolute atomic E-state index is 13.5. The van der Waals surface area contributed by atoms with Gasteiger partial charge in [0.25, 0.3) is 5.56 Å². The summed E-state index contributed by atoms with van der Waals surface area (Å²) in [6.07, 6.45) is 4.65. The van der Waals surface area contributed by atoms with Gasteiger partial charge in [0.05, 0.1) is 12.7 Å². The molecule has 0 saturated carbocycles. The monoisotopic (exact) mass is 491 g/mol. The van der Waals surface area contributed by atoms with Crippen molar-refractivity contribution in [2.45, 2.75) is 26.3 Å². The number of anilines is 3. The number of hydrogen-bond donors (Lipinski definition) is 3. The van der Waals surface area contributed by atoms with Crippen molar-refractivity contribution in [3.8, 4) is 0 Å². The summed E-state index contributed by atoms with van der Waals surface area (Å²) < 4.78 is 6.86. The maximum Gasteiger partial charge on any atom is 0.279 e. The van der Waals surface area contributed by atoms with Crippen LogP contribution in [0.2, 0.25) is 5.02 Å². The number of aromatic amines is 1. The van der Waals surface area contributed by atoms with E-state index in [1.54, 1.807) is 12.1 Å². The van der Waals surface area contributed by atoms with E-state index in [-0.39, 0.29) is 29.6 Å². The lowest BCUT2D eigenvalue weighted by atomic mass is 9.99. The summed E-state index contributed by atoms with van der Waals surface area (Å²) in [7, 11) is 0. The number of ether oxygens (including phenoxy) is 1. The first kappa shape index (κ1) is 23.1. The molecule has 0 unspecified atom stereocenters. The summed E-state index contributed by atoms with van der Waals surface area (Å²) in [6.45, 7) is 3.40. The second-order valence-corrected chi connectivity index (χ2v) is 9.18. The number of hydrogen-bond acceptors (Lipinski definition) is 5. The summed E-state index contributed by atoms with van der Waals surface area (Å²) in [5.41, 5.74) is 3.62. The molecule has 0 aliphatic carbocycles. The van der Waals surface area contributed by atoms with Crippen molar-refractivity contribution in [3.63, 3.8) is 0 Å². The summed E-state index contributed by atoms with van der Waals surface area (Å²) in [4.78, 5) is 34.0. The maximum atomic E-state index is 13.5. The quantitative estimate of drug-likeness (QED) is 0.358. The Hall–Kier alpha value is -3.62. The Morgan fingerprint density at radius 1 is 1.20 bits per heavy atom. The topological polar surface area (TPSA) is 101 Å². The molecule has 4 aromatic rings. The molecule has 9 heteroatoms. The molecule has 1 saturated heterocycles. The van der Waals surface area contributed by atoms with Gasteiger partial charge < -0.3 is 20.4 Å². The minimum absolute atomic E-state index is 0.149. The first-order valence-electron chi connectivity index (χ1n) is 11.6. The SMILES string of the molecule is Cc1c[nH]c2cc(Nc3ncc(NC(=O)C4CCOCC4)c(=O)n3Cc3ccc(Cl)cc3)ccc12. The second kappa shape index (κ2) is 9.93. The fourth-order valence-electron chi connectivity index (χ4n) is 4.27. The van der Waals surface area contributed by atoms with Gasteiger partial charge in [-0.2, -0.15) is 0 Å². The summed E-state index contributed by atoms with van der Waals surface area (Å²) >= 11 is 6.04. The minimum Gasteiger partial charge on any atom is -0.381 e. The van der Waals surface area contributed by atoms with Gasteiger partial charge in [0, 0.05) is 46.9 Å². The number of nitrogens with zero attached hydrogens (tertiary/aromatic N) is 2. The predicted octanol–water partition coefficient (Wildman–Crippen LogP) is 4.84. The van der Waals surface area contributed by atoms with Gasteiger partial charge in [0.15, 0.2) is 0 Å². The Bertz CT molecular complexity index is 1420. The van der Waals surface area contributed by atoms with Crippen LogP contribution < -0.4 is 16.2 Å². The number of benzene rings is 2. The van der Waals surface area contributed by atoms with Crippen LogP contribution in [-0.2, 0) is 16.1 Å². The van der Waals surface area contributed by atoms with Crippen molar-refractivity contribution in [2.24, 2.45) is 5.92 Å². The summed E-state index contributed by atoms with van der Waals surface area (Å²) in [5.74, 6) is 0.0109. The molecule has 1 aliphatic heterocycles. The van der Waals surface area contributed by atoms with Crippen LogP contribution in [0.4, 0.5) is 17.3 Å². The van der Waals surface area contributed by atoms with E-state index in [1.165, 1.54) is 10.8 Å². The number of nitrogens with one attached hydrogen (secondary N) is 3. The van der Waals surface area contributed by atoms with Gasteiger partial charge in [-0.1, -0.05) is 29.8 Å². The number of carbonyl (C=O) groups is 1. The molecule has 35 heavy (non-hydrogen) atoms. The van der Waals surface area contributed by atoms with Crippen LogP contribution in [-0.4, -0.2) is 33.7 Å². The van der Waals surface area contributed by atoms with Gasteiger partial charge in [-0.3, -0.25) is 14.2 Å². The first-order valence-corrected chi connectivity index (χ1v) is 11.9. The molecule has 0 radical (unpaired) electrons. The van der Waals surface area contributed by atoms with Crippen LogP contribution in [0.3, 0.4) is 0 Å². The lowest BCUT2D eigenvalue weighted by Gasteiger charge is -2.21. The molecule has 5 rings (SSSR count). The summed E-state index contributed by atoms with van der Waals surface area (Å²) in [6, 6.07) is 13.2. The largest absolute Gasteiger partial charge is 0.381 e.